The van der Waals surface area contributed by atoms with Gasteiger partial charge in [-0.2, -0.15) is 0 Å². The third-order valence-corrected chi connectivity index (χ3v) is 5.22. The second-order valence-corrected chi connectivity index (χ2v) is 7.46. The van der Waals surface area contributed by atoms with Crippen LogP contribution in [0.4, 0.5) is 5.69 Å². The van der Waals surface area contributed by atoms with Crippen molar-refractivity contribution in [1.29, 1.82) is 0 Å². The quantitative estimate of drug-likeness (QED) is 0.417. The fourth-order valence-electron chi connectivity index (χ4n) is 3.36. The summed E-state index contributed by atoms with van der Waals surface area (Å²) in [4.78, 5) is 22.3. The Kier molecular flexibility index (Phi) is 5.23. The molecule has 2 aromatic carbocycles. The molecule has 0 fully saturated rings. The molecule has 32 heavy (non-hydrogen) atoms. The van der Waals surface area contributed by atoms with Gasteiger partial charge >= 0.3 is 0 Å². The van der Waals surface area contributed by atoms with E-state index in [1.165, 1.54) is 6.07 Å². The highest BCUT2D eigenvalue weighted by atomic mass is 32.1. The van der Waals surface area contributed by atoms with E-state index in [0.717, 1.165) is 11.3 Å². The topological polar surface area (TPSA) is 72.7 Å². The lowest BCUT2D eigenvalue weighted by atomic mass is 10.1. The number of para-hydroxylation sites is 1. The van der Waals surface area contributed by atoms with Crippen LogP contribution in [0.2, 0.25) is 0 Å². The lowest BCUT2D eigenvalue weighted by Crippen LogP contribution is -2.20. The number of rotatable bonds is 4. The van der Waals surface area contributed by atoms with Gasteiger partial charge in [0.15, 0.2) is 5.82 Å². The highest BCUT2D eigenvalue weighted by Gasteiger charge is 2.18. The molecule has 5 rings (SSSR count). The number of nitrogens with zero attached hydrogens (tertiary/aromatic N) is 4. The van der Waals surface area contributed by atoms with E-state index in [9.17, 15) is 4.79 Å². The van der Waals surface area contributed by atoms with Gasteiger partial charge in [-0.3, -0.25) is 9.78 Å². The molecule has 1 aromatic heterocycles. The summed E-state index contributed by atoms with van der Waals surface area (Å²) in [6.45, 7) is 0. The van der Waals surface area contributed by atoms with Gasteiger partial charge in [-0.1, -0.05) is 66.8 Å². The largest absolute Gasteiger partial charge is 0.342 e. The van der Waals surface area contributed by atoms with Crippen LogP contribution in [0, 0.1) is 0 Å². The number of fused-ring (bicyclic) bond motifs is 1. The fourth-order valence-corrected chi connectivity index (χ4v) is 3.59. The SMILES string of the molecule is O=c1cc2n(-c3ccccc3)nc(-c3ccccc3)nc-2cc1NC(=S)c1ccccn1. The van der Waals surface area contributed by atoms with Crippen LogP contribution in [0.1, 0.15) is 5.69 Å². The van der Waals surface area contributed by atoms with Crippen LogP contribution in [0.3, 0.4) is 0 Å². The number of nitrogens with one attached hydrogen (secondary N) is 1. The minimum Gasteiger partial charge on any atom is -0.342 e. The van der Waals surface area contributed by atoms with Crippen molar-refractivity contribution < 1.29 is 0 Å². The van der Waals surface area contributed by atoms with Gasteiger partial charge in [0.05, 0.1) is 28.5 Å². The third kappa shape index (κ3) is 3.89. The van der Waals surface area contributed by atoms with E-state index in [-0.39, 0.29) is 5.43 Å². The molecule has 0 saturated carbocycles. The minimum absolute atomic E-state index is 0.212. The van der Waals surface area contributed by atoms with Crippen LogP contribution in [0.5, 0.6) is 0 Å². The van der Waals surface area contributed by atoms with Gasteiger partial charge in [0.1, 0.15) is 4.99 Å². The van der Waals surface area contributed by atoms with Crippen LogP contribution < -0.4 is 10.7 Å². The van der Waals surface area contributed by atoms with Crippen LogP contribution in [0.15, 0.2) is 102 Å². The molecule has 0 radical (unpaired) electrons. The fraction of sp³-hybridized carbons (Fsp3) is 0. The van der Waals surface area contributed by atoms with Crippen LogP contribution >= 0.6 is 12.2 Å². The zero-order valence-electron chi connectivity index (χ0n) is 16.8. The molecule has 7 heteroatoms. The van der Waals surface area contributed by atoms with Gasteiger partial charge in [0.25, 0.3) is 0 Å². The number of anilines is 1. The van der Waals surface area contributed by atoms with Crippen molar-refractivity contribution in [3.8, 4) is 28.5 Å². The number of thiocarbonyl (C=S) groups is 1. The first-order valence-corrected chi connectivity index (χ1v) is 10.4. The highest BCUT2D eigenvalue weighted by Crippen LogP contribution is 2.26. The molecular weight excluding hydrogens is 418 g/mol. The molecule has 0 unspecified atom stereocenters. The molecular formula is C25H17N5OS. The molecule has 0 atom stereocenters. The summed E-state index contributed by atoms with van der Waals surface area (Å²) < 4.78 is 1.74. The molecule has 0 spiro atoms. The molecule has 0 saturated heterocycles. The Morgan fingerprint density at radius 3 is 2.31 bits per heavy atom. The van der Waals surface area contributed by atoms with Crippen molar-refractivity contribution in [2.75, 3.05) is 5.32 Å². The molecule has 1 aliphatic carbocycles. The maximum atomic E-state index is 12.9. The molecule has 1 N–H and O–H groups in total. The first-order valence-electron chi connectivity index (χ1n) is 9.97. The zero-order valence-corrected chi connectivity index (χ0v) is 17.7. The Bertz CT molecular complexity index is 1420. The lowest BCUT2D eigenvalue weighted by molar-refractivity contribution is 0.828. The Labute approximate surface area is 189 Å². The van der Waals surface area contributed by atoms with E-state index in [4.69, 9.17) is 22.3 Å². The van der Waals surface area contributed by atoms with Crippen LogP contribution in [-0.4, -0.2) is 24.7 Å². The van der Waals surface area contributed by atoms with Gasteiger partial charge in [0, 0.05) is 17.8 Å². The number of aromatic nitrogens is 4. The van der Waals surface area contributed by atoms with E-state index >= 15 is 0 Å². The number of hydrogen-bond donors (Lipinski definition) is 1. The summed E-state index contributed by atoms with van der Waals surface area (Å²) in [5.41, 5.74) is 3.66. The molecule has 0 amide bonds. The van der Waals surface area contributed by atoms with Crippen LogP contribution in [-0.2, 0) is 0 Å². The minimum atomic E-state index is -0.212. The third-order valence-electron chi connectivity index (χ3n) is 4.90. The van der Waals surface area contributed by atoms with Crippen molar-refractivity contribution in [2.24, 2.45) is 0 Å². The number of benzene rings is 3. The molecule has 154 valence electrons. The summed E-state index contributed by atoms with van der Waals surface area (Å²) >= 11 is 5.44. The van der Waals surface area contributed by atoms with Crippen molar-refractivity contribution in [3.63, 3.8) is 0 Å². The lowest BCUT2D eigenvalue weighted by Gasteiger charge is -2.17. The monoisotopic (exact) mass is 435 g/mol. The summed E-state index contributed by atoms with van der Waals surface area (Å²) in [7, 11) is 0. The number of hydrogen-bond acceptors (Lipinski definition) is 5. The standard InChI is InChI=1S/C25H17N5OS/c31-23-16-22-20(15-21(23)28-25(32)19-13-7-8-14-26-19)27-24(17-9-3-1-4-10-17)29-30(22)18-11-5-2-6-12-18/h1-16H,(H,28,32). The average Bonchev–Trinajstić information content (AvgIpc) is 2.85. The highest BCUT2D eigenvalue weighted by molar-refractivity contribution is 7.81. The summed E-state index contributed by atoms with van der Waals surface area (Å²) in [6, 6.07) is 28.1. The van der Waals surface area contributed by atoms with E-state index in [0.29, 0.717) is 33.6 Å². The van der Waals surface area contributed by atoms with Gasteiger partial charge in [-0.15, -0.1) is 5.10 Å². The maximum Gasteiger partial charge on any atom is 0.204 e. The summed E-state index contributed by atoms with van der Waals surface area (Å²) in [6.07, 6.45) is 1.66. The zero-order chi connectivity index (χ0) is 21.9. The van der Waals surface area contributed by atoms with Crippen molar-refractivity contribution in [3.05, 3.63) is 113 Å². The Morgan fingerprint density at radius 1 is 0.875 bits per heavy atom. The second kappa shape index (κ2) is 8.49. The molecule has 6 nitrogen and oxygen atoms in total. The average molecular weight is 436 g/mol. The van der Waals surface area contributed by atoms with E-state index in [2.05, 4.69) is 10.3 Å². The van der Waals surface area contributed by atoms with Crippen molar-refractivity contribution in [2.45, 2.75) is 0 Å². The predicted octanol–water partition coefficient (Wildman–Crippen LogP) is 4.58. The second-order valence-electron chi connectivity index (χ2n) is 7.05. The summed E-state index contributed by atoms with van der Waals surface area (Å²) in [5, 5.41) is 7.76. The molecule has 2 aliphatic rings. The maximum absolute atomic E-state index is 12.9. The smallest absolute Gasteiger partial charge is 0.204 e. The van der Waals surface area contributed by atoms with Gasteiger partial charge in [0.2, 0.25) is 5.43 Å². The van der Waals surface area contributed by atoms with Crippen molar-refractivity contribution >= 4 is 22.9 Å². The van der Waals surface area contributed by atoms with Crippen LogP contribution in [0.25, 0.3) is 28.5 Å². The Hall–Kier alpha value is -4.23. The van der Waals surface area contributed by atoms with E-state index < -0.39 is 0 Å². The van der Waals surface area contributed by atoms with E-state index in [1.807, 2.05) is 72.8 Å². The van der Waals surface area contributed by atoms with Gasteiger partial charge < -0.3 is 5.32 Å². The molecule has 1 aliphatic heterocycles. The van der Waals surface area contributed by atoms with E-state index in [1.54, 1.807) is 23.0 Å². The summed E-state index contributed by atoms with van der Waals surface area (Å²) in [5.74, 6) is 0.554. The number of pyridine rings is 1. The molecule has 0 bridgehead atoms. The first kappa shape index (κ1) is 19.7. The first-order chi connectivity index (χ1) is 15.7. The molecule has 2 heterocycles. The Morgan fingerprint density at radius 2 is 1.59 bits per heavy atom. The molecule has 3 aromatic rings. The normalized spacial score (nSPS) is 10.8. The van der Waals surface area contributed by atoms with Gasteiger partial charge in [-0.25, -0.2) is 9.67 Å². The van der Waals surface area contributed by atoms with Gasteiger partial charge in [-0.05, 0) is 30.3 Å². The van der Waals surface area contributed by atoms with Crippen molar-refractivity contribution in [1.82, 2.24) is 19.7 Å². The predicted molar refractivity (Wildman–Crippen MR) is 129 cm³/mol. The Balaban J connectivity index is 1.67.